The third-order valence-corrected chi connectivity index (χ3v) is 2.03. The van der Waals surface area contributed by atoms with E-state index in [1.54, 1.807) is 6.26 Å². The van der Waals surface area contributed by atoms with Gasteiger partial charge in [0.2, 0.25) is 0 Å². The summed E-state index contributed by atoms with van der Waals surface area (Å²) in [7, 11) is 1.92. The Morgan fingerprint density at radius 2 is 2.47 bits per heavy atom. The van der Waals surface area contributed by atoms with E-state index >= 15 is 0 Å². The van der Waals surface area contributed by atoms with E-state index in [-0.39, 0.29) is 0 Å². The molecule has 84 valence electrons. The molecule has 0 saturated heterocycles. The first kappa shape index (κ1) is 12.0. The second-order valence-electron chi connectivity index (χ2n) is 3.44. The summed E-state index contributed by atoms with van der Waals surface area (Å²) in [6.45, 7) is 5.81. The number of hydrogen-bond acceptors (Lipinski definition) is 3. The maximum absolute atomic E-state index is 5.45. The third kappa shape index (κ3) is 4.81. The van der Waals surface area contributed by atoms with Gasteiger partial charge in [-0.25, -0.2) is 0 Å². The van der Waals surface area contributed by atoms with Crippen LogP contribution < -0.4 is 5.32 Å². The molecule has 0 saturated carbocycles. The van der Waals surface area contributed by atoms with Crippen LogP contribution >= 0.6 is 0 Å². The van der Waals surface area contributed by atoms with Gasteiger partial charge in [-0.3, -0.25) is 0 Å². The zero-order valence-corrected chi connectivity index (χ0v) is 9.29. The summed E-state index contributed by atoms with van der Waals surface area (Å²) in [5, 5.41) is 3.07. The summed E-state index contributed by atoms with van der Waals surface area (Å²) in [6, 6.07) is 2.02. The van der Waals surface area contributed by atoms with Gasteiger partial charge in [-0.1, -0.05) is 6.08 Å². The van der Waals surface area contributed by atoms with Crippen molar-refractivity contribution < 1.29 is 9.15 Å². The number of ether oxygens (including phenoxy) is 1. The van der Waals surface area contributed by atoms with Crippen molar-refractivity contribution >= 4 is 0 Å². The molecule has 3 nitrogen and oxygen atoms in total. The molecule has 1 rings (SSSR count). The van der Waals surface area contributed by atoms with Gasteiger partial charge in [0.15, 0.2) is 0 Å². The lowest BCUT2D eigenvalue weighted by atomic mass is 10.3. The molecule has 0 radical (unpaired) electrons. The smallest absolute Gasteiger partial charge is 0.129 e. The van der Waals surface area contributed by atoms with E-state index in [1.165, 1.54) is 0 Å². The molecule has 0 aliphatic rings. The minimum atomic E-state index is 0.556. The van der Waals surface area contributed by atoms with Crippen molar-refractivity contribution in [2.45, 2.75) is 26.0 Å². The van der Waals surface area contributed by atoms with Gasteiger partial charge in [0.1, 0.15) is 12.4 Å². The Bertz CT molecular complexity index is 281. The fourth-order valence-electron chi connectivity index (χ4n) is 1.30. The quantitative estimate of drug-likeness (QED) is 0.527. The number of nitrogens with one attached hydrogen (secondary N) is 1. The highest BCUT2D eigenvalue weighted by atomic mass is 16.5. The van der Waals surface area contributed by atoms with Crippen LogP contribution in [0.25, 0.3) is 0 Å². The molecular formula is C12H19NO2. The summed E-state index contributed by atoms with van der Waals surface area (Å²) in [5.41, 5.74) is 1.15. The SMILES string of the molecule is C=CCCCOCc1cc(CNC)co1. The van der Waals surface area contributed by atoms with Gasteiger partial charge >= 0.3 is 0 Å². The Morgan fingerprint density at radius 1 is 1.60 bits per heavy atom. The summed E-state index contributed by atoms with van der Waals surface area (Å²) >= 11 is 0. The van der Waals surface area contributed by atoms with Gasteiger partial charge < -0.3 is 14.5 Å². The van der Waals surface area contributed by atoms with Gasteiger partial charge in [-0.2, -0.15) is 0 Å². The summed E-state index contributed by atoms with van der Waals surface area (Å²) in [5.74, 6) is 0.888. The topological polar surface area (TPSA) is 34.4 Å². The summed E-state index contributed by atoms with van der Waals surface area (Å²) < 4.78 is 10.8. The van der Waals surface area contributed by atoms with Crippen molar-refractivity contribution in [3.05, 3.63) is 36.3 Å². The van der Waals surface area contributed by atoms with Crippen LogP contribution in [-0.4, -0.2) is 13.7 Å². The van der Waals surface area contributed by atoms with Crippen molar-refractivity contribution in [2.24, 2.45) is 0 Å². The Hall–Kier alpha value is -1.06. The van der Waals surface area contributed by atoms with Gasteiger partial charge in [0, 0.05) is 18.7 Å². The Labute approximate surface area is 91.1 Å². The molecule has 0 aliphatic carbocycles. The third-order valence-electron chi connectivity index (χ3n) is 2.03. The highest BCUT2D eigenvalue weighted by molar-refractivity contribution is 5.11. The number of hydrogen-bond donors (Lipinski definition) is 1. The van der Waals surface area contributed by atoms with Crippen molar-refractivity contribution in [3.8, 4) is 0 Å². The van der Waals surface area contributed by atoms with E-state index in [1.807, 2.05) is 19.2 Å². The molecule has 0 amide bonds. The van der Waals surface area contributed by atoms with E-state index in [9.17, 15) is 0 Å². The lowest BCUT2D eigenvalue weighted by Crippen LogP contribution is -2.03. The van der Waals surface area contributed by atoms with Crippen LogP contribution in [-0.2, 0) is 17.9 Å². The largest absolute Gasteiger partial charge is 0.467 e. The molecule has 0 spiro atoms. The average molecular weight is 209 g/mol. The van der Waals surface area contributed by atoms with Crippen LogP contribution in [0.5, 0.6) is 0 Å². The standard InChI is InChI=1S/C12H19NO2/c1-3-4-5-6-14-10-12-7-11(8-13-2)9-15-12/h3,7,9,13H,1,4-6,8,10H2,2H3. The van der Waals surface area contributed by atoms with Crippen molar-refractivity contribution in [1.29, 1.82) is 0 Å². The number of furan rings is 1. The molecule has 1 aromatic rings. The van der Waals surface area contributed by atoms with Crippen molar-refractivity contribution in [2.75, 3.05) is 13.7 Å². The van der Waals surface area contributed by atoms with Crippen LogP contribution in [0.2, 0.25) is 0 Å². The van der Waals surface area contributed by atoms with Gasteiger partial charge in [-0.15, -0.1) is 6.58 Å². The molecule has 3 heteroatoms. The van der Waals surface area contributed by atoms with Crippen LogP contribution in [0.3, 0.4) is 0 Å². The Kier molecular flexibility index (Phi) is 5.81. The Morgan fingerprint density at radius 3 is 3.20 bits per heavy atom. The second kappa shape index (κ2) is 7.26. The molecule has 1 N–H and O–H groups in total. The zero-order chi connectivity index (χ0) is 10.9. The van der Waals surface area contributed by atoms with Crippen LogP contribution in [0, 0.1) is 0 Å². The molecule has 1 aromatic heterocycles. The Balaban J connectivity index is 2.16. The van der Waals surface area contributed by atoms with E-state index in [0.717, 1.165) is 37.3 Å². The highest BCUT2D eigenvalue weighted by Gasteiger charge is 2.00. The second-order valence-corrected chi connectivity index (χ2v) is 3.44. The zero-order valence-electron chi connectivity index (χ0n) is 9.29. The fraction of sp³-hybridized carbons (Fsp3) is 0.500. The first-order chi connectivity index (χ1) is 7.36. The van der Waals surface area contributed by atoms with Crippen molar-refractivity contribution in [3.63, 3.8) is 0 Å². The maximum atomic E-state index is 5.45. The van der Waals surface area contributed by atoms with Gasteiger partial charge in [-0.05, 0) is 26.0 Å². The van der Waals surface area contributed by atoms with Crippen LogP contribution in [0.15, 0.2) is 29.4 Å². The number of unbranched alkanes of at least 4 members (excludes halogenated alkanes) is 1. The van der Waals surface area contributed by atoms with Crippen LogP contribution in [0.1, 0.15) is 24.2 Å². The predicted molar refractivity (Wildman–Crippen MR) is 60.6 cm³/mol. The maximum Gasteiger partial charge on any atom is 0.129 e. The van der Waals surface area contributed by atoms with E-state index in [0.29, 0.717) is 6.61 Å². The number of rotatable bonds is 8. The highest BCUT2D eigenvalue weighted by Crippen LogP contribution is 2.09. The first-order valence-corrected chi connectivity index (χ1v) is 5.26. The summed E-state index contributed by atoms with van der Waals surface area (Å²) in [6.07, 6.45) is 5.69. The van der Waals surface area contributed by atoms with E-state index in [4.69, 9.17) is 9.15 Å². The normalized spacial score (nSPS) is 10.5. The molecular weight excluding hydrogens is 190 g/mol. The van der Waals surface area contributed by atoms with Gasteiger partial charge in [0.25, 0.3) is 0 Å². The van der Waals surface area contributed by atoms with E-state index in [2.05, 4.69) is 11.9 Å². The van der Waals surface area contributed by atoms with Crippen molar-refractivity contribution in [1.82, 2.24) is 5.32 Å². The fourth-order valence-corrected chi connectivity index (χ4v) is 1.30. The molecule has 0 atom stereocenters. The molecule has 0 bridgehead atoms. The number of allylic oxidation sites excluding steroid dienone is 1. The lowest BCUT2D eigenvalue weighted by Gasteiger charge is -1.99. The van der Waals surface area contributed by atoms with E-state index < -0.39 is 0 Å². The lowest BCUT2D eigenvalue weighted by molar-refractivity contribution is 0.104. The molecule has 0 unspecified atom stereocenters. The monoisotopic (exact) mass is 209 g/mol. The molecule has 1 heterocycles. The average Bonchev–Trinajstić information content (AvgIpc) is 2.66. The molecule has 0 aliphatic heterocycles. The van der Waals surface area contributed by atoms with Crippen LogP contribution in [0.4, 0.5) is 0 Å². The minimum absolute atomic E-state index is 0.556. The predicted octanol–water partition coefficient (Wildman–Crippen LogP) is 2.48. The molecule has 0 aromatic carbocycles. The minimum Gasteiger partial charge on any atom is -0.467 e. The first-order valence-electron chi connectivity index (χ1n) is 5.26. The van der Waals surface area contributed by atoms with Gasteiger partial charge in [0.05, 0.1) is 6.26 Å². The summed E-state index contributed by atoms with van der Waals surface area (Å²) in [4.78, 5) is 0. The molecule has 0 fully saturated rings. The molecule has 15 heavy (non-hydrogen) atoms.